The lowest BCUT2D eigenvalue weighted by atomic mass is 9.98. The molecule has 1 amide bonds. The Morgan fingerprint density at radius 1 is 1.55 bits per heavy atom. The van der Waals surface area contributed by atoms with E-state index in [4.69, 9.17) is 11.0 Å². The predicted octanol–water partition coefficient (Wildman–Crippen LogP) is 0.999. The Morgan fingerprint density at radius 2 is 2.35 bits per heavy atom. The van der Waals surface area contributed by atoms with Crippen LogP contribution in [0.2, 0.25) is 0 Å². The van der Waals surface area contributed by atoms with Crippen molar-refractivity contribution < 1.29 is 4.79 Å². The van der Waals surface area contributed by atoms with E-state index in [1.807, 2.05) is 12.1 Å². The van der Waals surface area contributed by atoms with Crippen LogP contribution >= 0.6 is 0 Å². The van der Waals surface area contributed by atoms with Gasteiger partial charge in [-0.25, -0.2) is 0 Å². The van der Waals surface area contributed by atoms with Crippen LogP contribution in [0.5, 0.6) is 0 Å². The van der Waals surface area contributed by atoms with Crippen molar-refractivity contribution in [3.63, 3.8) is 0 Å². The quantitative estimate of drug-likeness (QED) is 0.830. The van der Waals surface area contributed by atoms with E-state index in [1.54, 1.807) is 11.9 Å². The largest absolute Gasteiger partial charge is 0.398 e. The molecule has 0 atom stereocenters. The highest BCUT2D eigenvalue weighted by atomic mass is 16.2. The van der Waals surface area contributed by atoms with Crippen LogP contribution in [-0.4, -0.2) is 42.4 Å². The summed E-state index contributed by atoms with van der Waals surface area (Å²) in [5, 5.41) is 8.54. The molecule has 1 heterocycles. The van der Waals surface area contributed by atoms with Gasteiger partial charge in [0.05, 0.1) is 19.0 Å². The van der Waals surface area contributed by atoms with Crippen molar-refractivity contribution in [2.24, 2.45) is 0 Å². The molecule has 1 aliphatic rings. The lowest BCUT2D eigenvalue weighted by Gasteiger charge is -2.30. The number of amides is 1. The fraction of sp³-hybridized carbons (Fsp3) is 0.467. The molecule has 1 aromatic carbocycles. The minimum absolute atomic E-state index is 0.0626. The number of likely N-dealkylation sites (N-methyl/N-ethyl adjacent to an activating group) is 1. The Hall–Kier alpha value is -2.06. The molecule has 1 aromatic rings. The molecule has 5 heteroatoms. The second kappa shape index (κ2) is 6.40. The van der Waals surface area contributed by atoms with E-state index in [-0.39, 0.29) is 5.91 Å². The van der Waals surface area contributed by atoms with Crippen molar-refractivity contribution in [3.8, 4) is 6.07 Å². The summed E-state index contributed by atoms with van der Waals surface area (Å²) in [6, 6.07) is 8.01. The van der Waals surface area contributed by atoms with E-state index < -0.39 is 0 Å². The molecule has 0 radical (unpaired) electrons. The van der Waals surface area contributed by atoms with E-state index in [9.17, 15) is 4.79 Å². The van der Waals surface area contributed by atoms with Gasteiger partial charge < -0.3 is 10.6 Å². The normalized spacial score (nSPS) is 14.4. The summed E-state index contributed by atoms with van der Waals surface area (Å²) in [6.45, 7) is 2.50. The van der Waals surface area contributed by atoms with Crippen molar-refractivity contribution in [1.29, 1.82) is 5.26 Å². The molecule has 0 spiro atoms. The van der Waals surface area contributed by atoms with Gasteiger partial charge in [-0.3, -0.25) is 9.69 Å². The zero-order valence-electron chi connectivity index (χ0n) is 11.8. The molecule has 106 valence electrons. The molecule has 0 saturated carbocycles. The van der Waals surface area contributed by atoms with E-state index >= 15 is 0 Å². The molecule has 0 saturated heterocycles. The third kappa shape index (κ3) is 3.28. The predicted molar refractivity (Wildman–Crippen MR) is 77.7 cm³/mol. The number of carbonyl (C=O) groups excluding carboxylic acids is 1. The number of benzene rings is 1. The standard InChI is InChI=1S/C15H20N4O/c1-18(8-3-7-16)15(20)11-19-9-6-13-12(10-19)4-2-5-14(13)17/h2,4-5H,3,6,8-11,17H2,1H3. The molecule has 20 heavy (non-hydrogen) atoms. The zero-order valence-corrected chi connectivity index (χ0v) is 11.8. The van der Waals surface area contributed by atoms with Crippen molar-refractivity contribution in [2.75, 3.05) is 32.4 Å². The number of fused-ring (bicyclic) bond motifs is 1. The Bertz CT molecular complexity index is 535. The van der Waals surface area contributed by atoms with Crippen LogP contribution < -0.4 is 5.73 Å². The average Bonchev–Trinajstić information content (AvgIpc) is 2.44. The minimum Gasteiger partial charge on any atom is -0.398 e. The minimum atomic E-state index is 0.0626. The van der Waals surface area contributed by atoms with Gasteiger partial charge >= 0.3 is 0 Å². The monoisotopic (exact) mass is 272 g/mol. The molecule has 0 aromatic heterocycles. The van der Waals surface area contributed by atoms with E-state index in [0.717, 1.165) is 25.2 Å². The number of hydrogen-bond acceptors (Lipinski definition) is 4. The topological polar surface area (TPSA) is 73.4 Å². The smallest absolute Gasteiger partial charge is 0.236 e. The highest BCUT2D eigenvalue weighted by molar-refractivity contribution is 5.78. The van der Waals surface area contributed by atoms with Crippen LogP contribution in [0.1, 0.15) is 17.5 Å². The highest BCUT2D eigenvalue weighted by Gasteiger charge is 2.20. The summed E-state index contributed by atoms with van der Waals surface area (Å²) in [7, 11) is 1.75. The number of nitrogens with zero attached hydrogens (tertiary/aromatic N) is 3. The molecule has 0 aliphatic carbocycles. The number of nitrogens with two attached hydrogens (primary N) is 1. The highest BCUT2D eigenvalue weighted by Crippen LogP contribution is 2.23. The van der Waals surface area contributed by atoms with Crippen LogP contribution in [0.25, 0.3) is 0 Å². The lowest BCUT2D eigenvalue weighted by molar-refractivity contribution is -0.131. The summed E-state index contributed by atoms with van der Waals surface area (Å²) in [5.74, 6) is 0.0626. The number of rotatable bonds is 4. The molecule has 0 bridgehead atoms. The van der Waals surface area contributed by atoms with Crippen LogP contribution in [0.3, 0.4) is 0 Å². The Balaban J connectivity index is 1.93. The maximum absolute atomic E-state index is 12.0. The lowest BCUT2D eigenvalue weighted by Crippen LogP contribution is -2.41. The average molecular weight is 272 g/mol. The maximum Gasteiger partial charge on any atom is 0.236 e. The van der Waals surface area contributed by atoms with Crippen LogP contribution in [0, 0.1) is 11.3 Å². The maximum atomic E-state index is 12.0. The summed E-state index contributed by atoms with van der Waals surface area (Å²) in [5.41, 5.74) is 9.24. The van der Waals surface area contributed by atoms with Gasteiger partial charge in [0, 0.05) is 32.4 Å². The fourth-order valence-electron chi connectivity index (χ4n) is 2.49. The van der Waals surface area contributed by atoms with Gasteiger partial charge in [-0.15, -0.1) is 0 Å². The van der Waals surface area contributed by atoms with Gasteiger partial charge in [0.25, 0.3) is 0 Å². The van der Waals surface area contributed by atoms with Crippen molar-refractivity contribution in [3.05, 3.63) is 29.3 Å². The first-order valence-electron chi connectivity index (χ1n) is 6.81. The molecule has 2 N–H and O–H groups in total. The van der Waals surface area contributed by atoms with Gasteiger partial charge in [0.1, 0.15) is 0 Å². The van der Waals surface area contributed by atoms with Gasteiger partial charge in [-0.05, 0) is 23.6 Å². The fourth-order valence-corrected chi connectivity index (χ4v) is 2.49. The third-order valence-corrected chi connectivity index (χ3v) is 3.72. The zero-order chi connectivity index (χ0) is 14.5. The molecule has 1 aliphatic heterocycles. The number of nitrogen functional groups attached to an aromatic ring is 1. The molecule has 5 nitrogen and oxygen atoms in total. The summed E-state index contributed by atoms with van der Waals surface area (Å²) in [4.78, 5) is 15.8. The van der Waals surface area contributed by atoms with Gasteiger partial charge in [-0.2, -0.15) is 5.26 Å². The Morgan fingerprint density at radius 3 is 3.10 bits per heavy atom. The third-order valence-electron chi connectivity index (χ3n) is 3.72. The van der Waals surface area contributed by atoms with Gasteiger partial charge in [-0.1, -0.05) is 12.1 Å². The number of anilines is 1. The molecular weight excluding hydrogens is 252 g/mol. The van der Waals surface area contributed by atoms with Crippen molar-refractivity contribution in [2.45, 2.75) is 19.4 Å². The van der Waals surface area contributed by atoms with Crippen LogP contribution in [0.15, 0.2) is 18.2 Å². The van der Waals surface area contributed by atoms with Crippen molar-refractivity contribution >= 4 is 11.6 Å². The first kappa shape index (κ1) is 14.4. The SMILES string of the molecule is CN(CCC#N)C(=O)CN1CCc2c(N)cccc2C1. The van der Waals surface area contributed by atoms with E-state index in [0.29, 0.717) is 19.5 Å². The summed E-state index contributed by atoms with van der Waals surface area (Å²) >= 11 is 0. The van der Waals surface area contributed by atoms with E-state index in [1.165, 1.54) is 11.1 Å². The second-order valence-electron chi connectivity index (χ2n) is 5.17. The second-order valence-corrected chi connectivity index (χ2v) is 5.17. The molecular formula is C15H20N4O. The van der Waals surface area contributed by atoms with E-state index in [2.05, 4.69) is 17.0 Å². The van der Waals surface area contributed by atoms with Crippen molar-refractivity contribution in [1.82, 2.24) is 9.80 Å². The Kier molecular flexibility index (Phi) is 4.59. The Labute approximate surface area is 119 Å². The first-order valence-corrected chi connectivity index (χ1v) is 6.81. The number of carbonyl (C=O) groups is 1. The first-order chi connectivity index (χ1) is 9.61. The summed E-state index contributed by atoms with van der Waals surface area (Å²) in [6.07, 6.45) is 1.26. The number of hydrogen-bond donors (Lipinski definition) is 1. The molecule has 0 unspecified atom stereocenters. The number of nitriles is 1. The van der Waals surface area contributed by atoms with Crippen LogP contribution in [0.4, 0.5) is 5.69 Å². The molecule has 0 fully saturated rings. The molecule has 2 rings (SSSR count). The van der Waals surface area contributed by atoms with Gasteiger partial charge in [0.2, 0.25) is 5.91 Å². The van der Waals surface area contributed by atoms with Gasteiger partial charge in [0.15, 0.2) is 0 Å². The summed E-state index contributed by atoms with van der Waals surface area (Å²) < 4.78 is 0. The van der Waals surface area contributed by atoms with Crippen LogP contribution in [-0.2, 0) is 17.8 Å².